The predicted octanol–water partition coefficient (Wildman–Crippen LogP) is 0.835. The van der Waals surface area contributed by atoms with Crippen molar-refractivity contribution < 1.29 is 4.74 Å². The lowest BCUT2D eigenvalue weighted by molar-refractivity contribution is 0.107. The third-order valence-electron chi connectivity index (χ3n) is 2.61. The second-order valence-electron chi connectivity index (χ2n) is 3.76. The predicted molar refractivity (Wildman–Crippen MR) is 62.8 cm³/mol. The molecule has 0 aromatic heterocycles. The summed E-state index contributed by atoms with van der Waals surface area (Å²) in [4.78, 5) is 0. The first kappa shape index (κ1) is 12.3. The third kappa shape index (κ3) is 4.64. The molecule has 1 fully saturated rings. The fraction of sp³-hybridized carbons (Fsp3) is 1.00. The lowest BCUT2D eigenvalue weighted by atomic mass is 10.2. The third-order valence-corrected chi connectivity index (χ3v) is 3.26. The van der Waals surface area contributed by atoms with Crippen LogP contribution in [0.15, 0.2) is 0 Å². The van der Waals surface area contributed by atoms with E-state index in [9.17, 15) is 0 Å². The lowest BCUT2D eigenvalue weighted by Crippen LogP contribution is -2.40. The number of rotatable bonds is 7. The van der Waals surface area contributed by atoms with Crippen molar-refractivity contribution in [3.63, 3.8) is 0 Å². The highest BCUT2D eigenvalue weighted by Crippen LogP contribution is 2.11. The topological polar surface area (TPSA) is 47.3 Å². The number of nitrogens with one attached hydrogen (secondary N) is 1. The van der Waals surface area contributed by atoms with Crippen molar-refractivity contribution in [1.29, 1.82) is 0 Å². The van der Waals surface area contributed by atoms with E-state index in [1.54, 1.807) is 0 Å². The Hall–Kier alpha value is 0.230. The average Bonchev–Trinajstić information content (AvgIpc) is 2.71. The maximum absolute atomic E-state index is 5.69. The van der Waals surface area contributed by atoms with Crippen LogP contribution in [0, 0.1) is 0 Å². The molecule has 0 spiro atoms. The summed E-state index contributed by atoms with van der Waals surface area (Å²) in [5.74, 6) is 1.18. The molecule has 3 N–H and O–H groups in total. The van der Waals surface area contributed by atoms with E-state index in [1.165, 1.54) is 18.6 Å². The van der Waals surface area contributed by atoms with Crippen LogP contribution in [0.5, 0.6) is 0 Å². The van der Waals surface area contributed by atoms with Gasteiger partial charge in [-0.15, -0.1) is 0 Å². The van der Waals surface area contributed by atoms with Gasteiger partial charge in [0.05, 0.1) is 6.10 Å². The fourth-order valence-corrected chi connectivity index (χ4v) is 2.19. The molecule has 0 amide bonds. The Bertz CT molecular complexity index is 140. The number of hydrogen-bond donors (Lipinski definition) is 2. The van der Waals surface area contributed by atoms with E-state index >= 15 is 0 Å². The first-order valence-corrected chi connectivity index (χ1v) is 6.80. The van der Waals surface area contributed by atoms with Crippen molar-refractivity contribution in [2.24, 2.45) is 5.73 Å². The van der Waals surface area contributed by atoms with Gasteiger partial charge in [-0.05, 0) is 31.3 Å². The molecule has 1 saturated heterocycles. The summed E-state index contributed by atoms with van der Waals surface area (Å²) in [5.41, 5.74) is 5.69. The summed E-state index contributed by atoms with van der Waals surface area (Å²) in [6, 6.07) is 0.464. The smallest absolute Gasteiger partial charge is 0.0700 e. The Balaban J connectivity index is 2.06. The van der Waals surface area contributed by atoms with Gasteiger partial charge in [0.2, 0.25) is 0 Å². The van der Waals surface area contributed by atoms with Crippen molar-refractivity contribution in [2.45, 2.75) is 31.4 Å². The van der Waals surface area contributed by atoms with Gasteiger partial charge >= 0.3 is 0 Å². The number of nitrogens with two attached hydrogens (primary N) is 1. The monoisotopic (exact) mass is 218 g/mol. The van der Waals surface area contributed by atoms with Gasteiger partial charge in [0, 0.05) is 25.7 Å². The molecule has 0 radical (unpaired) electrons. The van der Waals surface area contributed by atoms with Crippen molar-refractivity contribution in [3.05, 3.63) is 0 Å². The zero-order valence-corrected chi connectivity index (χ0v) is 9.81. The molecule has 1 rings (SSSR count). The average molecular weight is 218 g/mol. The first-order chi connectivity index (χ1) is 6.86. The number of thioether (sulfide) groups is 1. The molecular formula is C10H22N2OS. The van der Waals surface area contributed by atoms with E-state index in [2.05, 4.69) is 11.6 Å². The number of ether oxygens (including phenoxy) is 1. The van der Waals surface area contributed by atoms with Crippen LogP contribution in [0.3, 0.4) is 0 Å². The molecule has 3 nitrogen and oxygen atoms in total. The maximum Gasteiger partial charge on any atom is 0.0700 e. The Morgan fingerprint density at radius 1 is 1.64 bits per heavy atom. The van der Waals surface area contributed by atoms with Crippen LogP contribution in [0.4, 0.5) is 0 Å². The van der Waals surface area contributed by atoms with E-state index in [0.717, 1.165) is 26.1 Å². The fourth-order valence-electron chi connectivity index (χ4n) is 1.67. The molecule has 0 aromatic rings. The highest BCUT2D eigenvalue weighted by Gasteiger charge is 2.16. The Morgan fingerprint density at radius 2 is 2.50 bits per heavy atom. The second-order valence-corrected chi connectivity index (χ2v) is 4.74. The summed E-state index contributed by atoms with van der Waals surface area (Å²) < 4.78 is 5.54. The zero-order chi connectivity index (χ0) is 10.2. The largest absolute Gasteiger partial charge is 0.377 e. The summed E-state index contributed by atoms with van der Waals surface area (Å²) in [7, 11) is 0. The van der Waals surface area contributed by atoms with Gasteiger partial charge in [-0.25, -0.2) is 0 Å². The SMILES string of the molecule is CSCCC(CN)NCC1CCCO1. The van der Waals surface area contributed by atoms with Crippen LogP contribution in [0.25, 0.3) is 0 Å². The Morgan fingerprint density at radius 3 is 3.07 bits per heavy atom. The van der Waals surface area contributed by atoms with Crippen molar-refractivity contribution >= 4 is 11.8 Å². The van der Waals surface area contributed by atoms with Crippen LogP contribution < -0.4 is 11.1 Å². The molecule has 2 atom stereocenters. The molecule has 1 aliphatic rings. The normalized spacial score (nSPS) is 24.0. The Kier molecular flexibility index (Phi) is 6.60. The standard InChI is InChI=1S/C10H22N2OS/c1-14-6-4-9(7-11)12-8-10-3-2-5-13-10/h9-10,12H,2-8,11H2,1H3. The molecule has 0 aromatic carbocycles. The Labute approximate surface area is 91.1 Å². The van der Waals surface area contributed by atoms with E-state index < -0.39 is 0 Å². The van der Waals surface area contributed by atoms with Crippen LogP contribution >= 0.6 is 11.8 Å². The molecule has 84 valence electrons. The quantitative estimate of drug-likeness (QED) is 0.665. The van der Waals surface area contributed by atoms with Crippen LogP contribution in [-0.2, 0) is 4.74 Å². The van der Waals surface area contributed by atoms with Gasteiger partial charge in [-0.2, -0.15) is 11.8 Å². The molecule has 1 aliphatic heterocycles. The highest BCUT2D eigenvalue weighted by atomic mass is 32.2. The minimum atomic E-state index is 0.429. The maximum atomic E-state index is 5.69. The lowest BCUT2D eigenvalue weighted by Gasteiger charge is -2.18. The van der Waals surface area contributed by atoms with Gasteiger partial charge in [0.1, 0.15) is 0 Å². The second kappa shape index (κ2) is 7.51. The van der Waals surface area contributed by atoms with E-state index in [1.807, 2.05) is 11.8 Å². The molecule has 4 heteroatoms. The zero-order valence-electron chi connectivity index (χ0n) is 9.00. The molecule has 14 heavy (non-hydrogen) atoms. The summed E-state index contributed by atoms with van der Waals surface area (Å²) in [6.45, 7) is 2.63. The minimum absolute atomic E-state index is 0.429. The van der Waals surface area contributed by atoms with Gasteiger partial charge in [-0.3, -0.25) is 0 Å². The first-order valence-electron chi connectivity index (χ1n) is 5.40. The van der Waals surface area contributed by atoms with Gasteiger partial charge < -0.3 is 15.8 Å². The van der Waals surface area contributed by atoms with E-state index in [-0.39, 0.29) is 0 Å². The van der Waals surface area contributed by atoms with Crippen LogP contribution in [-0.4, -0.2) is 43.9 Å². The molecule has 1 heterocycles. The van der Waals surface area contributed by atoms with Crippen LogP contribution in [0.1, 0.15) is 19.3 Å². The van der Waals surface area contributed by atoms with Crippen LogP contribution in [0.2, 0.25) is 0 Å². The van der Waals surface area contributed by atoms with Crippen molar-refractivity contribution in [2.75, 3.05) is 31.7 Å². The molecular weight excluding hydrogens is 196 g/mol. The molecule has 2 unspecified atom stereocenters. The van der Waals surface area contributed by atoms with Crippen molar-refractivity contribution in [1.82, 2.24) is 5.32 Å². The highest BCUT2D eigenvalue weighted by molar-refractivity contribution is 7.98. The van der Waals surface area contributed by atoms with Gasteiger partial charge in [-0.1, -0.05) is 0 Å². The summed E-state index contributed by atoms with van der Waals surface area (Å²) in [5, 5.41) is 3.48. The summed E-state index contributed by atoms with van der Waals surface area (Å²) in [6.07, 6.45) is 6.13. The van der Waals surface area contributed by atoms with Gasteiger partial charge in [0.15, 0.2) is 0 Å². The molecule has 0 saturated carbocycles. The van der Waals surface area contributed by atoms with Crippen molar-refractivity contribution in [3.8, 4) is 0 Å². The molecule has 0 bridgehead atoms. The van der Waals surface area contributed by atoms with E-state index in [4.69, 9.17) is 10.5 Å². The van der Waals surface area contributed by atoms with Gasteiger partial charge in [0.25, 0.3) is 0 Å². The summed E-state index contributed by atoms with van der Waals surface area (Å²) >= 11 is 1.88. The number of hydrogen-bond acceptors (Lipinski definition) is 4. The minimum Gasteiger partial charge on any atom is -0.377 e. The van der Waals surface area contributed by atoms with E-state index in [0.29, 0.717) is 12.1 Å². The molecule has 0 aliphatic carbocycles.